The summed E-state index contributed by atoms with van der Waals surface area (Å²) < 4.78 is 12.4. The number of rotatable bonds is 6. The zero-order chi connectivity index (χ0) is 18.7. The third-order valence-corrected chi connectivity index (χ3v) is 5.15. The van der Waals surface area contributed by atoms with Crippen LogP contribution in [-0.2, 0) is 11.8 Å². The summed E-state index contributed by atoms with van der Waals surface area (Å²) in [6, 6.07) is 11.1. The summed E-state index contributed by atoms with van der Waals surface area (Å²) in [4.78, 5) is 16.9. The first kappa shape index (κ1) is 18.4. The lowest BCUT2D eigenvalue weighted by Crippen LogP contribution is -2.15. The van der Waals surface area contributed by atoms with Crippen LogP contribution in [0.3, 0.4) is 0 Å². The van der Waals surface area contributed by atoms with E-state index in [0.717, 1.165) is 16.2 Å². The van der Waals surface area contributed by atoms with Gasteiger partial charge in [0.2, 0.25) is 5.91 Å². The van der Waals surface area contributed by atoms with Crippen LogP contribution in [0.2, 0.25) is 5.02 Å². The number of imidazole rings is 1. The molecule has 136 valence electrons. The number of aryl methyl sites for hydroxylation is 1. The number of para-hydroxylation sites is 2. The first-order valence-electron chi connectivity index (χ1n) is 7.79. The number of halogens is 1. The summed E-state index contributed by atoms with van der Waals surface area (Å²) in [5, 5.41) is 3.99. The SMILES string of the molecule is COc1cc(OC)c(NC(=O)CSc2nc3ccccc3n2C)cc1Cl. The fourth-order valence-electron chi connectivity index (χ4n) is 2.53. The summed E-state index contributed by atoms with van der Waals surface area (Å²) in [6.07, 6.45) is 0. The molecule has 26 heavy (non-hydrogen) atoms. The summed E-state index contributed by atoms with van der Waals surface area (Å²) >= 11 is 7.50. The highest BCUT2D eigenvalue weighted by Crippen LogP contribution is 2.36. The van der Waals surface area contributed by atoms with E-state index in [1.165, 1.54) is 26.0 Å². The first-order valence-corrected chi connectivity index (χ1v) is 9.15. The number of fused-ring (bicyclic) bond motifs is 1. The quantitative estimate of drug-likeness (QED) is 0.644. The summed E-state index contributed by atoms with van der Waals surface area (Å²) in [5.41, 5.74) is 2.43. The predicted octanol–water partition coefficient (Wildman–Crippen LogP) is 3.97. The maximum Gasteiger partial charge on any atom is 0.234 e. The molecule has 0 bridgehead atoms. The second-order valence-corrected chi connectivity index (χ2v) is 6.82. The van der Waals surface area contributed by atoms with Crippen molar-refractivity contribution in [1.82, 2.24) is 9.55 Å². The predicted molar refractivity (Wildman–Crippen MR) is 105 cm³/mol. The normalized spacial score (nSPS) is 10.8. The number of hydrogen-bond acceptors (Lipinski definition) is 5. The number of hydrogen-bond donors (Lipinski definition) is 1. The van der Waals surface area contributed by atoms with Crippen LogP contribution in [0.4, 0.5) is 5.69 Å². The van der Waals surface area contributed by atoms with Gasteiger partial charge in [-0.3, -0.25) is 4.79 Å². The molecule has 1 aromatic heterocycles. The van der Waals surface area contributed by atoms with Crippen molar-refractivity contribution in [2.24, 2.45) is 7.05 Å². The fourth-order valence-corrected chi connectivity index (χ4v) is 3.55. The molecule has 0 aliphatic heterocycles. The van der Waals surface area contributed by atoms with E-state index in [0.29, 0.717) is 22.2 Å². The van der Waals surface area contributed by atoms with Crippen molar-refractivity contribution in [1.29, 1.82) is 0 Å². The van der Waals surface area contributed by atoms with Crippen LogP contribution in [-0.4, -0.2) is 35.4 Å². The lowest BCUT2D eigenvalue weighted by Gasteiger charge is -2.13. The molecule has 0 atom stereocenters. The lowest BCUT2D eigenvalue weighted by atomic mass is 10.2. The van der Waals surface area contributed by atoms with Crippen molar-refractivity contribution in [2.45, 2.75) is 5.16 Å². The van der Waals surface area contributed by atoms with Gasteiger partial charge in [0.25, 0.3) is 0 Å². The van der Waals surface area contributed by atoms with E-state index in [9.17, 15) is 4.79 Å². The lowest BCUT2D eigenvalue weighted by molar-refractivity contribution is -0.113. The molecule has 0 aliphatic rings. The molecule has 3 rings (SSSR count). The number of amides is 1. The minimum atomic E-state index is -0.179. The van der Waals surface area contributed by atoms with Gasteiger partial charge < -0.3 is 19.4 Å². The highest BCUT2D eigenvalue weighted by atomic mass is 35.5. The van der Waals surface area contributed by atoms with E-state index in [2.05, 4.69) is 10.3 Å². The Labute approximate surface area is 160 Å². The van der Waals surface area contributed by atoms with E-state index in [-0.39, 0.29) is 11.7 Å². The van der Waals surface area contributed by atoms with Gasteiger partial charge in [0.1, 0.15) is 11.5 Å². The van der Waals surface area contributed by atoms with Crippen molar-refractivity contribution < 1.29 is 14.3 Å². The Hall–Kier alpha value is -2.38. The molecule has 1 amide bonds. The van der Waals surface area contributed by atoms with Gasteiger partial charge in [-0.05, 0) is 18.2 Å². The van der Waals surface area contributed by atoms with Gasteiger partial charge in [0.15, 0.2) is 5.16 Å². The van der Waals surface area contributed by atoms with Crippen LogP contribution in [0.1, 0.15) is 0 Å². The number of nitrogens with one attached hydrogen (secondary N) is 1. The van der Waals surface area contributed by atoms with Gasteiger partial charge in [0.05, 0.1) is 41.7 Å². The molecule has 0 saturated carbocycles. The van der Waals surface area contributed by atoms with Crippen molar-refractivity contribution in [3.8, 4) is 11.5 Å². The average Bonchev–Trinajstić information content (AvgIpc) is 2.96. The maximum absolute atomic E-state index is 12.3. The highest BCUT2D eigenvalue weighted by Gasteiger charge is 2.14. The van der Waals surface area contributed by atoms with Crippen LogP contribution in [0.5, 0.6) is 11.5 Å². The average molecular weight is 392 g/mol. The smallest absolute Gasteiger partial charge is 0.234 e. The van der Waals surface area contributed by atoms with Gasteiger partial charge in [-0.25, -0.2) is 4.98 Å². The topological polar surface area (TPSA) is 65.4 Å². The van der Waals surface area contributed by atoms with Gasteiger partial charge in [-0.2, -0.15) is 0 Å². The molecule has 0 saturated heterocycles. The number of methoxy groups -OCH3 is 2. The number of carbonyl (C=O) groups is 1. The Morgan fingerprint density at radius 2 is 1.96 bits per heavy atom. The number of benzene rings is 2. The zero-order valence-electron chi connectivity index (χ0n) is 14.6. The van der Waals surface area contributed by atoms with Crippen molar-refractivity contribution in [3.63, 3.8) is 0 Å². The molecule has 0 unspecified atom stereocenters. The standard InChI is InChI=1S/C18H18ClN3O3S/c1-22-14-7-5-4-6-12(14)21-18(22)26-10-17(23)20-13-8-11(19)15(24-2)9-16(13)25-3/h4-9H,10H2,1-3H3,(H,20,23). The Morgan fingerprint density at radius 3 is 2.65 bits per heavy atom. The maximum atomic E-state index is 12.3. The molecule has 0 spiro atoms. The number of ether oxygens (including phenoxy) is 2. The van der Waals surface area contributed by atoms with Crippen molar-refractivity contribution in [2.75, 3.05) is 25.3 Å². The summed E-state index contributed by atoms with van der Waals surface area (Å²) in [6.45, 7) is 0. The minimum absolute atomic E-state index is 0.179. The molecule has 0 aliphatic carbocycles. The van der Waals surface area contributed by atoms with Crippen LogP contribution in [0, 0.1) is 0 Å². The minimum Gasteiger partial charge on any atom is -0.495 e. The number of thioether (sulfide) groups is 1. The van der Waals surface area contributed by atoms with E-state index >= 15 is 0 Å². The first-order chi connectivity index (χ1) is 12.5. The van der Waals surface area contributed by atoms with Crippen LogP contribution in [0.15, 0.2) is 41.6 Å². The summed E-state index contributed by atoms with van der Waals surface area (Å²) in [7, 11) is 4.97. The van der Waals surface area contributed by atoms with Crippen LogP contribution >= 0.6 is 23.4 Å². The van der Waals surface area contributed by atoms with E-state index in [4.69, 9.17) is 21.1 Å². The van der Waals surface area contributed by atoms with Crippen molar-refractivity contribution >= 4 is 46.0 Å². The molecular formula is C18H18ClN3O3S. The largest absolute Gasteiger partial charge is 0.495 e. The fraction of sp³-hybridized carbons (Fsp3) is 0.222. The van der Waals surface area contributed by atoms with Gasteiger partial charge >= 0.3 is 0 Å². The third-order valence-electron chi connectivity index (χ3n) is 3.83. The molecule has 8 heteroatoms. The van der Waals surface area contributed by atoms with Gasteiger partial charge in [-0.1, -0.05) is 35.5 Å². The number of aromatic nitrogens is 2. The molecule has 2 aromatic carbocycles. The molecule has 1 N–H and O–H groups in total. The molecule has 6 nitrogen and oxygen atoms in total. The van der Waals surface area contributed by atoms with Gasteiger partial charge in [-0.15, -0.1) is 0 Å². The third kappa shape index (κ3) is 3.73. The van der Waals surface area contributed by atoms with E-state index in [1.807, 2.05) is 35.9 Å². The second-order valence-electron chi connectivity index (χ2n) is 5.47. The van der Waals surface area contributed by atoms with Crippen LogP contribution in [0.25, 0.3) is 11.0 Å². The highest BCUT2D eigenvalue weighted by molar-refractivity contribution is 7.99. The van der Waals surface area contributed by atoms with Gasteiger partial charge in [0, 0.05) is 13.1 Å². The molecule has 3 aromatic rings. The Morgan fingerprint density at radius 1 is 1.23 bits per heavy atom. The second kappa shape index (κ2) is 7.88. The Balaban J connectivity index is 1.71. The monoisotopic (exact) mass is 391 g/mol. The zero-order valence-corrected chi connectivity index (χ0v) is 16.1. The number of carbonyl (C=O) groups excluding carboxylic acids is 1. The number of nitrogens with zero attached hydrogens (tertiary/aromatic N) is 2. The molecule has 0 radical (unpaired) electrons. The summed E-state index contributed by atoms with van der Waals surface area (Å²) in [5.74, 6) is 0.994. The molecule has 0 fully saturated rings. The van der Waals surface area contributed by atoms with Crippen molar-refractivity contribution in [3.05, 3.63) is 41.4 Å². The van der Waals surface area contributed by atoms with E-state index in [1.54, 1.807) is 12.1 Å². The number of anilines is 1. The Bertz CT molecular complexity index is 958. The van der Waals surface area contributed by atoms with E-state index < -0.39 is 0 Å². The molecule has 1 heterocycles. The molecular weight excluding hydrogens is 374 g/mol. The van der Waals surface area contributed by atoms with Crippen LogP contribution < -0.4 is 14.8 Å². The Kier molecular flexibility index (Phi) is 5.58.